The van der Waals surface area contributed by atoms with E-state index in [2.05, 4.69) is 4.98 Å². The zero-order valence-electron chi connectivity index (χ0n) is 14.6. The maximum atomic E-state index is 12.7. The van der Waals surface area contributed by atoms with Gasteiger partial charge in [0.05, 0.1) is 16.8 Å². The van der Waals surface area contributed by atoms with E-state index in [1.807, 2.05) is 13.8 Å². The van der Waals surface area contributed by atoms with Crippen LogP contribution < -0.4 is 0 Å². The number of aliphatic hydroxyl groups excluding tert-OH is 1. The average molecular weight is 381 g/mol. The van der Waals surface area contributed by atoms with Crippen molar-refractivity contribution >= 4 is 22.7 Å². The van der Waals surface area contributed by atoms with Gasteiger partial charge in [0, 0.05) is 23.3 Å². The number of alkyl halides is 3. The number of nitrogens with zero attached hydrogens (tertiary/aromatic N) is 1. The Labute approximate surface area is 153 Å². The normalized spacial score (nSPS) is 17.7. The quantitative estimate of drug-likeness (QED) is 0.716. The van der Waals surface area contributed by atoms with Gasteiger partial charge < -0.3 is 5.11 Å². The molecule has 0 radical (unpaired) electrons. The summed E-state index contributed by atoms with van der Waals surface area (Å²) in [5.41, 5.74) is 0.171. The molecular formula is C19H18F3NO2S. The Kier molecular flexibility index (Phi) is 4.46. The molecule has 138 valence electrons. The van der Waals surface area contributed by atoms with Crippen LogP contribution in [0.3, 0.4) is 0 Å². The first-order chi connectivity index (χ1) is 12.0. The van der Waals surface area contributed by atoms with Gasteiger partial charge in [-0.3, -0.25) is 4.79 Å². The van der Waals surface area contributed by atoms with Gasteiger partial charge in [0.2, 0.25) is 0 Å². The molecule has 3 rings (SSSR count). The highest BCUT2D eigenvalue weighted by atomic mass is 32.1. The van der Waals surface area contributed by atoms with E-state index in [-0.39, 0.29) is 22.5 Å². The predicted molar refractivity (Wildman–Crippen MR) is 94.9 cm³/mol. The van der Waals surface area contributed by atoms with Gasteiger partial charge in [0.15, 0.2) is 5.78 Å². The summed E-state index contributed by atoms with van der Waals surface area (Å²) >= 11 is 1.29. The minimum absolute atomic E-state index is 0.0265. The molecule has 1 N–H and O–H groups in total. The predicted octanol–water partition coefficient (Wildman–Crippen LogP) is 5.80. The molecule has 1 aliphatic carbocycles. The van der Waals surface area contributed by atoms with Crippen LogP contribution in [0.2, 0.25) is 0 Å². The smallest absolute Gasteiger partial charge is 0.416 e. The summed E-state index contributed by atoms with van der Waals surface area (Å²) in [5.74, 6) is -0.135. The molecule has 1 aliphatic rings. The molecule has 1 aromatic carbocycles. The number of carbonyl (C=O) groups excluding carboxylic acids is 1. The molecule has 0 fully saturated rings. The average Bonchev–Trinajstić information content (AvgIpc) is 2.86. The highest BCUT2D eigenvalue weighted by Gasteiger charge is 2.35. The molecule has 0 atom stereocenters. The minimum atomic E-state index is -4.39. The first-order valence-electron chi connectivity index (χ1n) is 8.09. The minimum Gasteiger partial charge on any atom is -0.511 e. The fourth-order valence-electron chi connectivity index (χ4n) is 3.11. The third-order valence-corrected chi connectivity index (χ3v) is 5.36. The van der Waals surface area contributed by atoms with Gasteiger partial charge >= 0.3 is 6.18 Å². The van der Waals surface area contributed by atoms with Gasteiger partial charge in [-0.15, -0.1) is 11.3 Å². The van der Waals surface area contributed by atoms with Crippen LogP contribution in [0.25, 0.3) is 16.1 Å². The van der Waals surface area contributed by atoms with Crippen molar-refractivity contribution in [3.63, 3.8) is 0 Å². The number of thiazole rings is 1. The molecule has 3 nitrogen and oxygen atoms in total. The topological polar surface area (TPSA) is 50.2 Å². The number of aromatic nitrogens is 1. The van der Waals surface area contributed by atoms with E-state index in [1.165, 1.54) is 23.5 Å². The molecule has 0 unspecified atom stereocenters. The van der Waals surface area contributed by atoms with Crippen LogP contribution >= 0.6 is 11.3 Å². The summed E-state index contributed by atoms with van der Waals surface area (Å²) < 4.78 is 38.1. The van der Waals surface area contributed by atoms with Gasteiger partial charge in [-0.05, 0) is 24.5 Å². The third-order valence-electron chi connectivity index (χ3n) is 4.35. The second-order valence-corrected chi connectivity index (χ2v) is 8.46. The molecule has 0 saturated carbocycles. The number of Topliss-reactive ketones (excluding diaryl/α,β-unsaturated/α-hetero) is 1. The molecule has 0 bridgehead atoms. The number of hydrogen-bond donors (Lipinski definition) is 1. The zero-order chi connectivity index (χ0) is 19.3. The number of allylic oxidation sites excluding steroid dienone is 2. The summed E-state index contributed by atoms with van der Waals surface area (Å²) in [6.07, 6.45) is -3.68. The second-order valence-electron chi connectivity index (χ2n) is 7.26. The first kappa shape index (κ1) is 18.6. The Morgan fingerprint density at radius 3 is 2.31 bits per heavy atom. The molecule has 26 heavy (non-hydrogen) atoms. The number of hydrogen-bond acceptors (Lipinski definition) is 4. The first-order valence-corrected chi connectivity index (χ1v) is 8.90. The summed E-state index contributed by atoms with van der Waals surface area (Å²) in [4.78, 5) is 17.7. The Bertz CT molecular complexity index is 892. The summed E-state index contributed by atoms with van der Waals surface area (Å²) in [5, 5.41) is 10.9. The van der Waals surface area contributed by atoms with Crippen LogP contribution in [0.15, 0.2) is 30.0 Å². The molecule has 7 heteroatoms. The summed E-state index contributed by atoms with van der Waals surface area (Å²) in [6, 6.07) is 4.75. The highest BCUT2D eigenvalue weighted by Crippen LogP contribution is 2.41. The van der Waals surface area contributed by atoms with Crippen molar-refractivity contribution in [2.24, 2.45) is 5.41 Å². The molecule has 1 heterocycles. The van der Waals surface area contributed by atoms with Crippen molar-refractivity contribution in [3.05, 3.63) is 46.2 Å². The number of benzene rings is 1. The molecule has 0 spiro atoms. The molecular weight excluding hydrogens is 363 g/mol. The summed E-state index contributed by atoms with van der Waals surface area (Å²) in [6.45, 7) is 5.62. The van der Waals surface area contributed by atoms with E-state index in [0.717, 1.165) is 17.0 Å². The van der Waals surface area contributed by atoms with Crippen LogP contribution in [-0.2, 0) is 11.0 Å². The molecule has 0 saturated heterocycles. The largest absolute Gasteiger partial charge is 0.511 e. The van der Waals surface area contributed by atoms with Crippen LogP contribution in [-0.4, -0.2) is 15.9 Å². The van der Waals surface area contributed by atoms with E-state index in [1.54, 1.807) is 6.92 Å². The van der Waals surface area contributed by atoms with Crippen LogP contribution in [0.1, 0.15) is 42.8 Å². The lowest BCUT2D eigenvalue weighted by molar-refractivity contribution is -0.137. The molecule has 1 aromatic heterocycles. The van der Waals surface area contributed by atoms with Gasteiger partial charge in [-0.25, -0.2) is 4.98 Å². The van der Waals surface area contributed by atoms with E-state index in [9.17, 15) is 23.1 Å². The lowest BCUT2D eigenvalue weighted by Crippen LogP contribution is -2.25. The number of aryl methyl sites for hydroxylation is 1. The van der Waals surface area contributed by atoms with Crippen LogP contribution in [0.4, 0.5) is 13.2 Å². The van der Waals surface area contributed by atoms with Gasteiger partial charge in [-0.2, -0.15) is 13.2 Å². The second kappa shape index (κ2) is 6.23. The van der Waals surface area contributed by atoms with Crippen molar-refractivity contribution in [2.75, 3.05) is 0 Å². The summed E-state index contributed by atoms with van der Waals surface area (Å²) in [7, 11) is 0. The van der Waals surface area contributed by atoms with Crippen molar-refractivity contribution in [2.45, 2.75) is 39.8 Å². The number of ketones is 1. The maximum absolute atomic E-state index is 12.7. The fraction of sp³-hybridized carbons (Fsp3) is 0.368. The highest BCUT2D eigenvalue weighted by molar-refractivity contribution is 7.15. The third kappa shape index (κ3) is 3.53. The van der Waals surface area contributed by atoms with Gasteiger partial charge in [-0.1, -0.05) is 26.0 Å². The van der Waals surface area contributed by atoms with Crippen LogP contribution in [0.5, 0.6) is 0 Å². The van der Waals surface area contributed by atoms with E-state index in [0.29, 0.717) is 29.1 Å². The number of aliphatic hydroxyl groups is 1. The lowest BCUT2D eigenvalue weighted by Gasteiger charge is -2.29. The van der Waals surface area contributed by atoms with E-state index < -0.39 is 11.7 Å². The van der Waals surface area contributed by atoms with Gasteiger partial charge in [0.1, 0.15) is 10.8 Å². The number of rotatable bonds is 2. The van der Waals surface area contributed by atoms with Crippen molar-refractivity contribution in [1.82, 2.24) is 4.98 Å². The van der Waals surface area contributed by atoms with Gasteiger partial charge in [0.25, 0.3) is 0 Å². The Morgan fingerprint density at radius 1 is 1.15 bits per heavy atom. The monoisotopic (exact) mass is 381 g/mol. The fourth-order valence-corrected chi connectivity index (χ4v) is 4.04. The lowest BCUT2D eigenvalue weighted by atomic mass is 9.76. The van der Waals surface area contributed by atoms with Crippen LogP contribution in [0, 0.1) is 12.3 Å². The standard InChI is InChI=1S/C19H18F3NO2S/c1-10-16(15-13(24)8-18(2,3)9-14(15)25)23-17(26-10)11-4-6-12(7-5-11)19(20,21)22/h4-7,24H,8-9H2,1-3H3. The SMILES string of the molecule is Cc1sc(-c2ccc(C(F)(F)F)cc2)nc1C1=C(O)CC(C)(C)CC1=O. The van der Waals surface area contributed by atoms with Crippen molar-refractivity contribution in [3.8, 4) is 10.6 Å². The number of carbonyl (C=O) groups is 1. The zero-order valence-corrected chi connectivity index (χ0v) is 15.4. The molecule has 0 amide bonds. The maximum Gasteiger partial charge on any atom is 0.416 e. The Balaban J connectivity index is 1.99. The Hall–Kier alpha value is -2.15. The Morgan fingerprint density at radius 2 is 1.77 bits per heavy atom. The molecule has 2 aromatic rings. The van der Waals surface area contributed by atoms with Crippen molar-refractivity contribution < 1.29 is 23.1 Å². The van der Waals surface area contributed by atoms with Crippen molar-refractivity contribution in [1.29, 1.82) is 0 Å². The molecule has 0 aliphatic heterocycles. The van der Waals surface area contributed by atoms with E-state index in [4.69, 9.17) is 0 Å². The van der Waals surface area contributed by atoms with E-state index >= 15 is 0 Å². The number of halogens is 3.